The third kappa shape index (κ3) is 3.82. The minimum atomic E-state index is -0.166. The summed E-state index contributed by atoms with van der Waals surface area (Å²) in [5.41, 5.74) is 0.982. The van der Waals surface area contributed by atoms with Crippen LogP contribution in [-0.2, 0) is 4.79 Å². The molecule has 4 rings (SSSR count). The monoisotopic (exact) mass is 337 g/mol. The lowest BCUT2D eigenvalue weighted by molar-refractivity contribution is -0.122. The number of nitrogens with zero attached hydrogens (tertiary/aromatic N) is 1. The Balaban J connectivity index is 1.29. The van der Waals surface area contributed by atoms with E-state index in [1.54, 1.807) is 6.20 Å². The summed E-state index contributed by atoms with van der Waals surface area (Å²) in [7, 11) is 0. The van der Waals surface area contributed by atoms with Crippen LogP contribution in [-0.4, -0.2) is 35.6 Å². The van der Waals surface area contributed by atoms with Crippen molar-refractivity contribution in [3.63, 3.8) is 0 Å². The minimum Gasteiger partial charge on any atom is -0.490 e. The average Bonchev–Trinajstić information content (AvgIpc) is 3.18. The van der Waals surface area contributed by atoms with Crippen molar-refractivity contribution in [1.82, 2.24) is 15.6 Å². The Morgan fingerprint density at radius 2 is 2.08 bits per heavy atom. The highest BCUT2D eigenvalue weighted by atomic mass is 16.5. The first-order valence-corrected chi connectivity index (χ1v) is 9.00. The standard InChI is InChI=1S/C20H23N3O2/c24-20(19-4-2-12-22-19)23-15-5-7-16(8-6-15)25-17-9-10-18-14(13-17)3-1-11-21-18/h1-4,9-11,13,15-16,19,22H,5-8,12H2,(H,23,24). The molecule has 1 aliphatic carbocycles. The van der Waals surface area contributed by atoms with Crippen LogP contribution in [0.15, 0.2) is 48.7 Å². The molecule has 5 heteroatoms. The van der Waals surface area contributed by atoms with Gasteiger partial charge >= 0.3 is 0 Å². The van der Waals surface area contributed by atoms with Gasteiger partial charge in [0, 0.05) is 24.2 Å². The van der Waals surface area contributed by atoms with Gasteiger partial charge in [-0.1, -0.05) is 18.2 Å². The van der Waals surface area contributed by atoms with Crippen LogP contribution in [0.5, 0.6) is 5.75 Å². The fourth-order valence-corrected chi connectivity index (χ4v) is 3.58. The average molecular weight is 337 g/mol. The molecule has 0 radical (unpaired) electrons. The molecule has 2 N–H and O–H groups in total. The first kappa shape index (κ1) is 16.1. The number of aromatic nitrogens is 1. The molecule has 2 aromatic rings. The smallest absolute Gasteiger partial charge is 0.241 e. The van der Waals surface area contributed by atoms with Crippen LogP contribution >= 0.6 is 0 Å². The van der Waals surface area contributed by atoms with Crippen LogP contribution in [0.1, 0.15) is 25.7 Å². The SMILES string of the molecule is O=C(NC1CCC(Oc2ccc3ncccc3c2)CC1)C1C=CCN1. The number of fused-ring (bicyclic) bond motifs is 1. The van der Waals surface area contributed by atoms with E-state index in [0.29, 0.717) is 0 Å². The largest absolute Gasteiger partial charge is 0.490 e. The summed E-state index contributed by atoms with van der Waals surface area (Å²) in [5.74, 6) is 0.980. The fourth-order valence-electron chi connectivity index (χ4n) is 3.58. The van der Waals surface area contributed by atoms with Crippen molar-refractivity contribution in [2.24, 2.45) is 0 Å². The van der Waals surface area contributed by atoms with Gasteiger partial charge < -0.3 is 10.1 Å². The number of pyridine rings is 1. The molecule has 2 heterocycles. The maximum absolute atomic E-state index is 12.1. The maximum Gasteiger partial charge on any atom is 0.241 e. The van der Waals surface area contributed by atoms with E-state index in [0.717, 1.165) is 48.9 Å². The molecule has 0 saturated heterocycles. The summed E-state index contributed by atoms with van der Waals surface area (Å²) in [6.07, 6.45) is 9.78. The zero-order chi connectivity index (χ0) is 17.1. The predicted molar refractivity (Wildman–Crippen MR) is 97.5 cm³/mol. The van der Waals surface area contributed by atoms with E-state index in [4.69, 9.17) is 4.74 Å². The molecule has 2 aliphatic rings. The third-order valence-corrected chi connectivity index (χ3v) is 4.96. The molecule has 0 bridgehead atoms. The van der Waals surface area contributed by atoms with Crippen LogP contribution in [0, 0.1) is 0 Å². The molecule has 1 aromatic carbocycles. The highest BCUT2D eigenvalue weighted by Crippen LogP contribution is 2.26. The maximum atomic E-state index is 12.1. The molecular weight excluding hydrogens is 314 g/mol. The van der Waals surface area contributed by atoms with Gasteiger partial charge in [-0.05, 0) is 49.9 Å². The van der Waals surface area contributed by atoms with Gasteiger partial charge in [0.2, 0.25) is 5.91 Å². The van der Waals surface area contributed by atoms with E-state index in [1.165, 1.54) is 0 Å². The van der Waals surface area contributed by atoms with Crippen molar-refractivity contribution < 1.29 is 9.53 Å². The summed E-state index contributed by atoms with van der Waals surface area (Å²) in [6, 6.07) is 10.1. The van der Waals surface area contributed by atoms with Crippen molar-refractivity contribution in [3.8, 4) is 5.75 Å². The highest BCUT2D eigenvalue weighted by molar-refractivity contribution is 5.84. The van der Waals surface area contributed by atoms with E-state index in [2.05, 4.69) is 15.6 Å². The molecule has 1 unspecified atom stereocenters. The Bertz CT molecular complexity index is 781. The molecule has 1 atom stereocenters. The number of nitrogens with one attached hydrogen (secondary N) is 2. The van der Waals surface area contributed by atoms with Crippen molar-refractivity contribution in [3.05, 3.63) is 48.7 Å². The van der Waals surface area contributed by atoms with Gasteiger partial charge in [-0.3, -0.25) is 15.1 Å². The molecule has 0 spiro atoms. The lowest BCUT2D eigenvalue weighted by Gasteiger charge is -2.30. The first-order valence-electron chi connectivity index (χ1n) is 9.00. The number of ether oxygens (including phenoxy) is 1. The highest BCUT2D eigenvalue weighted by Gasteiger charge is 2.26. The number of benzene rings is 1. The summed E-state index contributed by atoms with van der Waals surface area (Å²) >= 11 is 0. The van der Waals surface area contributed by atoms with Crippen molar-refractivity contribution in [2.45, 2.75) is 43.9 Å². The van der Waals surface area contributed by atoms with Crippen LogP contribution in [0.2, 0.25) is 0 Å². The Kier molecular flexibility index (Phi) is 4.65. The normalized spacial score (nSPS) is 25.8. The Morgan fingerprint density at radius 1 is 1.20 bits per heavy atom. The summed E-state index contributed by atoms with van der Waals surface area (Å²) < 4.78 is 6.15. The second-order valence-corrected chi connectivity index (χ2v) is 6.77. The van der Waals surface area contributed by atoms with Crippen LogP contribution < -0.4 is 15.4 Å². The molecule has 1 aliphatic heterocycles. The second kappa shape index (κ2) is 7.23. The zero-order valence-corrected chi connectivity index (χ0v) is 14.2. The van der Waals surface area contributed by atoms with Gasteiger partial charge in [0.15, 0.2) is 0 Å². The topological polar surface area (TPSA) is 63.2 Å². The van der Waals surface area contributed by atoms with Gasteiger partial charge in [-0.15, -0.1) is 0 Å². The zero-order valence-electron chi connectivity index (χ0n) is 14.2. The molecule has 1 fully saturated rings. The second-order valence-electron chi connectivity index (χ2n) is 6.77. The summed E-state index contributed by atoms with van der Waals surface area (Å²) in [5, 5.41) is 7.40. The number of carbonyl (C=O) groups excluding carboxylic acids is 1. The van der Waals surface area contributed by atoms with Gasteiger partial charge in [-0.2, -0.15) is 0 Å². The number of carbonyl (C=O) groups is 1. The van der Waals surface area contributed by atoms with Crippen LogP contribution in [0.3, 0.4) is 0 Å². The van der Waals surface area contributed by atoms with E-state index < -0.39 is 0 Å². The predicted octanol–water partition coefficient (Wildman–Crippen LogP) is 2.57. The summed E-state index contributed by atoms with van der Waals surface area (Å²) in [4.78, 5) is 16.5. The van der Waals surface area contributed by atoms with E-state index >= 15 is 0 Å². The minimum absolute atomic E-state index is 0.0835. The molecular formula is C20H23N3O2. The van der Waals surface area contributed by atoms with Crippen LogP contribution in [0.4, 0.5) is 0 Å². The Morgan fingerprint density at radius 3 is 2.88 bits per heavy atom. The quantitative estimate of drug-likeness (QED) is 0.842. The van der Waals surface area contributed by atoms with Gasteiger partial charge in [0.25, 0.3) is 0 Å². The van der Waals surface area contributed by atoms with Gasteiger partial charge in [0.05, 0.1) is 11.6 Å². The molecule has 130 valence electrons. The number of rotatable bonds is 4. The van der Waals surface area contributed by atoms with E-state index in [9.17, 15) is 4.79 Å². The lowest BCUT2D eigenvalue weighted by Crippen LogP contribution is -2.47. The van der Waals surface area contributed by atoms with Crippen molar-refractivity contribution >= 4 is 16.8 Å². The molecule has 1 amide bonds. The number of amides is 1. The fraction of sp³-hybridized carbons (Fsp3) is 0.400. The Labute approximate surface area is 147 Å². The number of hydrogen-bond acceptors (Lipinski definition) is 4. The van der Waals surface area contributed by atoms with Crippen LogP contribution in [0.25, 0.3) is 10.9 Å². The molecule has 1 aromatic heterocycles. The summed E-state index contributed by atoms with van der Waals surface area (Å²) in [6.45, 7) is 0.778. The van der Waals surface area contributed by atoms with E-state index in [-0.39, 0.29) is 24.1 Å². The molecule has 1 saturated carbocycles. The Hall–Kier alpha value is -2.40. The number of hydrogen-bond donors (Lipinski definition) is 2. The van der Waals surface area contributed by atoms with Gasteiger partial charge in [-0.25, -0.2) is 0 Å². The lowest BCUT2D eigenvalue weighted by atomic mass is 9.92. The van der Waals surface area contributed by atoms with Crippen molar-refractivity contribution in [1.29, 1.82) is 0 Å². The third-order valence-electron chi connectivity index (χ3n) is 4.96. The van der Waals surface area contributed by atoms with Crippen molar-refractivity contribution in [2.75, 3.05) is 6.54 Å². The first-order chi connectivity index (χ1) is 12.3. The molecule has 5 nitrogen and oxygen atoms in total. The molecule has 25 heavy (non-hydrogen) atoms. The van der Waals surface area contributed by atoms with Gasteiger partial charge in [0.1, 0.15) is 11.8 Å². The van der Waals surface area contributed by atoms with E-state index in [1.807, 2.05) is 42.5 Å².